The lowest BCUT2D eigenvalue weighted by Gasteiger charge is -2.50. The zero-order chi connectivity index (χ0) is 15.1. The lowest BCUT2D eigenvalue weighted by molar-refractivity contribution is -0.270. The Balaban J connectivity index is 1.94. The second-order valence-electron chi connectivity index (χ2n) is 5.57. The molecule has 1 heterocycles. The molecule has 118 valence electrons. The Morgan fingerprint density at radius 1 is 1.15 bits per heavy atom. The first-order valence-corrected chi connectivity index (χ1v) is 6.39. The molecule has 1 saturated heterocycles. The molecule has 1 aliphatic carbocycles. The van der Waals surface area contributed by atoms with E-state index in [1.165, 1.54) is 20.9 Å². The van der Waals surface area contributed by atoms with Crippen molar-refractivity contribution in [3.63, 3.8) is 0 Å². The highest BCUT2D eigenvalue weighted by molar-refractivity contribution is 4.94. The summed E-state index contributed by atoms with van der Waals surface area (Å²) in [6.07, 6.45) is 0.891. The number of nitrogens with zero attached hydrogens (tertiary/aromatic N) is 4. The van der Waals surface area contributed by atoms with E-state index in [4.69, 9.17) is 4.84 Å². The number of fused-ring (bicyclic) bond motifs is 1. The lowest BCUT2D eigenvalue weighted by atomic mass is 9.88. The molecule has 0 amide bonds. The molecule has 2 aliphatic rings. The van der Waals surface area contributed by atoms with E-state index in [2.05, 4.69) is 4.94 Å². The highest BCUT2D eigenvalue weighted by Gasteiger charge is 2.39. The van der Waals surface area contributed by atoms with Crippen LogP contribution in [0.25, 0.3) is 0 Å². The van der Waals surface area contributed by atoms with Gasteiger partial charge in [0.2, 0.25) is 0 Å². The summed E-state index contributed by atoms with van der Waals surface area (Å²) < 4.78 is 0. The van der Waals surface area contributed by atoms with Crippen molar-refractivity contribution in [2.24, 2.45) is 0 Å². The fraction of sp³-hybridized carbons (Fsp3) is 1.00. The van der Waals surface area contributed by atoms with E-state index in [0.29, 0.717) is 23.1 Å². The van der Waals surface area contributed by atoms with Gasteiger partial charge in [-0.3, -0.25) is 10.1 Å². The molecule has 3 atom stereocenters. The maximum absolute atomic E-state index is 12.0. The summed E-state index contributed by atoms with van der Waals surface area (Å²) in [5.41, 5.74) is -1.30. The first-order chi connectivity index (χ1) is 9.22. The van der Waals surface area contributed by atoms with Gasteiger partial charge >= 0.3 is 0 Å². The van der Waals surface area contributed by atoms with Crippen molar-refractivity contribution in [2.75, 3.05) is 7.05 Å². The average Bonchev–Trinajstić information content (AvgIpc) is 2.64. The molecule has 0 radical (unpaired) electrons. The monoisotopic (exact) mass is 290 g/mol. The van der Waals surface area contributed by atoms with Crippen LogP contribution in [-0.2, 0) is 9.78 Å². The smallest absolute Gasteiger partial charge is 0.124 e. The van der Waals surface area contributed by atoms with Crippen LogP contribution in [0.1, 0.15) is 33.1 Å². The van der Waals surface area contributed by atoms with E-state index in [0.717, 1.165) is 0 Å². The molecule has 0 N–H and O–H groups in total. The minimum Gasteiger partial charge on any atom is -0.783 e. The molecule has 20 heavy (non-hydrogen) atoms. The molecular formula is C10H18N4O6-4. The summed E-state index contributed by atoms with van der Waals surface area (Å²) in [6, 6.07) is -1.85. The van der Waals surface area contributed by atoms with Gasteiger partial charge in [0, 0.05) is 18.1 Å². The Morgan fingerprint density at radius 2 is 1.75 bits per heavy atom. The molecular weight excluding hydrogens is 272 g/mol. The Labute approximate surface area is 116 Å². The molecule has 0 spiro atoms. The molecule has 2 rings (SSSR count). The van der Waals surface area contributed by atoms with Crippen molar-refractivity contribution in [3.8, 4) is 0 Å². The van der Waals surface area contributed by atoms with Gasteiger partial charge in [-0.2, -0.15) is 0 Å². The van der Waals surface area contributed by atoms with Gasteiger partial charge in [0.05, 0.1) is 0 Å². The molecule has 2 fully saturated rings. The van der Waals surface area contributed by atoms with Gasteiger partial charge in [-0.1, -0.05) is 0 Å². The summed E-state index contributed by atoms with van der Waals surface area (Å²) in [7, 11) is 1.25. The third-order valence-electron chi connectivity index (χ3n) is 3.83. The number of hydroxylamine groups is 8. The van der Waals surface area contributed by atoms with E-state index < -0.39 is 23.9 Å². The van der Waals surface area contributed by atoms with Crippen LogP contribution in [0.5, 0.6) is 0 Å². The zero-order valence-corrected chi connectivity index (χ0v) is 11.6. The van der Waals surface area contributed by atoms with Crippen LogP contribution in [0, 0.1) is 20.8 Å². The Morgan fingerprint density at radius 3 is 2.35 bits per heavy atom. The summed E-state index contributed by atoms with van der Waals surface area (Å²) in [5.74, 6) is 0. The summed E-state index contributed by atoms with van der Waals surface area (Å²) in [4.78, 5) is 9.50. The minimum absolute atomic E-state index is 0.148. The van der Waals surface area contributed by atoms with Crippen LogP contribution in [0.4, 0.5) is 0 Å². The van der Waals surface area contributed by atoms with Gasteiger partial charge in [0.15, 0.2) is 0 Å². The number of rotatable bonds is 4. The van der Waals surface area contributed by atoms with Crippen LogP contribution in [0.3, 0.4) is 0 Å². The fourth-order valence-electron chi connectivity index (χ4n) is 2.33. The Hall–Kier alpha value is -0.400. The minimum atomic E-state index is -1.30. The number of hydrogen-bond donors (Lipinski definition) is 0. The topological polar surface area (TPSA) is 124 Å². The van der Waals surface area contributed by atoms with Crippen molar-refractivity contribution in [1.82, 2.24) is 20.7 Å². The molecule has 1 saturated carbocycles. The highest BCUT2D eigenvalue weighted by atomic mass is 17.1. The molecule has 0 aromatic carbocycles. The van der Waals surface area contributed by atoms with Crippen molar-refractivity contribution in [2.45, 2.75) is 57.0 Å². The molecule has 0 bridgehead atoms. The van der Waals surface area contributed by atoms with Crippen molar-refractivity contribution in [1.29, 1.82) is 0 Å². The third kappa shape index (κ3) is 3.09. The van der Waals surface area contributed by atoms with Crippen LogP contribution in [-0.4, -0.2) is 51.6 Å². The maximum Gasteiger partial charge on any atom is 0.124 e. The summed E-state index contributed by atoms with van der Waals surface area (Å²) in [5, 5.41) is 47.3. The van der Waals surface area contributed by atoms with Gasteiger partial charge in [-0.05, 0) is 40.2 Å². The molecule has 10 nitrogen and oxygen atoms in total. The standard InChI is InChI=1S/C10H18N4O6/c1-10(2,11(3)15)19-12(16)7-4-5-8-9(6-7)14(18)20-13(8)17/h7-9H,4-6H2,1-3H3/q-4. The largest absolute Gasteiger partial charge is 0.783 e. The van der Waals surface area contributed by atoms with Gasteiger partial charge in [-0.15, -0.1) is 0 Å². The van der Waals surface area contributed by atoms with Crippen LogP contribution in [0.15, 0.2) is 0 Å². The lowest BCUT2D eigenvalue weighted by Crippen LogP contribution is -2.51. The average molecular weight is 290 g/mol. The third-order valence-corrected chi connectivity index (χ3v) is 3.83. The maximum atomic E-state index is 12.0. The van der Waals surface area contributed by atoms with E-state index in [-0.39, 0.29) is 16.9 Å². The van der Waals surface area contributed by atoms with Crippen molar-refractivity contribution >= 4 is 0 Å². The first-order valence-electron chi connectivity index (χ1n) is 6.39. The normalized spacial score (nSPS) is 33.1. The number of hydrogen-bond acceptors (Lipinski definition) is 10. The predicted molar refractivity (Wildman–Crippen MR) is 68.2 cm³/mol. The van der Waals surface area contributed by atoms with Gasteiger partial charge in [0.25, 0.3) is 0 Å². The zero-order valence-electron chi connectivity index (χ0n) is 11.6. The molecule has 10 heteroatoms. The van der Waals surface area contributed by atoms with Crippen molar-refractivity contribution < 1.29 is 9.78 Å². The fourth-order valence-corrected chi connectivity index (χ4v) is 2.33. The predicted octanol–water partition coefficient (Wildman–Crippen LogP) is 0.633. The van der Waals surface area contributed by atoms with E-state index >= 15 is 0 Å². The van der Waals surface area contributed by atoms with E-state index in [9.17, 15) is 20.8 Å². The second kappa shape index (κ2) is 5.77. The Kier molecular flexibility index (Phi) is 4.61. The molecule has 0 aromatic rings. The molecule has 1 aliphatic heterocycles. The molecule has 3 unspecified atom stereocenters. The van der Waals surface area contributed by atoms with E-state index in [1.54, 1.807) is 0 Å². The van der Waals surface area contributed by atoms with Crippen LogP contribution in [0.2, 0.25) is 0 Å². The first kappa shape index (κ1) is 16.0. The summed E-state index contributed by atoms with van der Waals surface area (Å²) >= 11 is 0. The highest BCUT2D eigenvalue weighted by Crippen LogP contribution is 2.35. The summed E-state index contributed by atoms with van der Waals surface area (Å²) in [6.45, 7) is 2.93. The van der Waals surface area contributed by atoms with E-state index in [1.807, 2.05) is 0 Å². The van der Waals surface area contributed by atoms with Crippen molar-refractivity contribution in [3.05, 3.63) is 20.8 Å². The van der Waals surface area contributed by atoms with Gasteiger partial charge in [-0.25, -0.2) is 15.4 Å². The van der Waals surface area contributed by atoms with Crippen LogP contribution >= 0.6 is 0 Å². The van der Waals surface area contributed by atoms with Gasteiger partial charge < -0.3 is 25.9 Å². The SMILES string of the molecule is CN([O-])C(C)(C)ON([O-])C1CCC2C(C1)N([O-])ON2[O-]. The molecule has 0 aromatic heterocycles. The second-order valence-corrected chi connectivity index (χ2v) is 5.57. The Bertz CT molecular complexity index is 344. The quantitative estimate of drug-likeness (QED) is 0.537. The van der Waals surface area contributed by atoms with Gasteiger partial charge in [0.1, 0.15) is 5.72 Å². The van der Waals surface area contributed by atoms with Crippen LogP contribution < -0.4 is 0 Å².